The first-order chi connectivity index (χ1) is 12.6. The molecule has 8 heteroatoms. The zero-order valence-corrected chi connectivity index (χ0v) is 17.7. The Morgan fingerprint density at radius 3 is 2.59 bits per heavy atom. The summed E-state index contributed by atoms with van der Waals surface area (Å²) in [5, 5.41) is 2.96. The largest absolute Gasteiger partial charge is 0.493 e. The lowest BCUT2D eigenvalue weighted by atomic mass is 10.1. The molecule has 0 heterocycles. The summed E-state index contributed by atoms with van der Waals surface area (Å²) in [7, 11) is 3.21. The van der Waals surface area contributed by atoms with Crippen LogP contribution in [0.1, 0.15) is 5.56 Å². The zero-order valence-electron chi connectivity index (χ0n) is 15.4. The van der Waals surface area contributed by atoms with E-state index in [9.17, 15) is 4.39 Å². The quantitative estimate of drug-likeness (QED) is 0.245. The van der Waals surface area contributed by atoms with Crippen LogP contribution in [0.15, 0.2) is 47.5 Å². The third kappa shape index (κ3) is 7.90. The van der Waals surface area contributed by atoms with E-state index in [1.807, 2.05) is 18.2 Å². The van der Waals surface area contributed by atoms with E-state index in [1.54, 1.807) is 26.4 Å². The molecule has 0 aliphatic carbocycles. The molecule has 0 fully saturated rings. The maximum Gasteiger partial charge on any atom is 0.188 e. The minimum absolute atomic E-state index is 0. The van der Waals surface area contributed by atoms with E-state index in [-0.39, 0.29) is 29.8 Å². The Balaban J connectivity index is 0.00000364. The van der Waals surface area contributed by atoms with Crippen molar-refractivity contribution in [3.05, 3.63) is 53.8 Å². The third-order valence-electron chi connectivity index (χ3n) is 3.60. The molecule has 0 aliphatic rings. The van der Waals surface area contributed by atoms with Crippen molar-refractivity contribution in [1.82, 2.24) is 5.32 Å². The zero-order chi connectivity index (χ0) is 18.8. The van der Waals surface area contributed by atoms with Crippen LogP contribution >= 0.6 is 24.0 Å². The highest BCUT2D eigenvalue weighted by molar-refractivity contribution is 14.0. The second-order valence-corrected chi connectivity index (χ2v) is 5.44. The lowest BCUT2D eigenvalue weighted by molar-refractivity contribution is 0.320. The Kier molecular flexibility index (Phi) is 10.3. The van der Waals surface area contributed by atoms with Crippen LogP contribution in [-0.2, 0) is 6.42 Å². The molecule has 2 aromatic carbocycles. The number of rotatable bonds is 9. The number of hydrogen-bond acceptors (Lipinski definition) is 4. The number of guanidine groups is 1. The van der Waals surface area contributed by atoms with Gasteiger partial charge in [0.2, 0.25) is 0 Å². The van der Waals surface area contributed by atoms with Crippen molar-refractivity contribution < 1.29 is 18.6 Å². The minimum Gasteiger partial charge on any atom is -0.493 e. The van der Waals surface area contributed by atoms with E-state index in [2.05, 4.69) is 10.3 Å². The van der Waals surface area contributed by atoms with Crippen molar-refractivity contribution >= 4 is 29.9 Å². The smallest absolute Gasteiger partial charge is 0.188 e. The van der Waals surface area contributed by atoms with Crippen molar-refractivity contribution in [3.63, 3.8) is 0 Å². The predicted octanol–water partition coefficient (Wildman–Crippen LogP) is 2.99. The number of hydrogen-bond donors (Lipinski definition) is 2. The van der Waals surface area contributed by atoms with Gasteiger partial charge in [-0.05, 0) is 36.2 Å². The van der Waals surface area contributed by atoms with E-state index in [0.29, 0.717) is 42.9 Å². The summed E-state index contributed by atoms with van der Waals surface area (Å²) in [5.41, 5.74) is 6.90. The maximum atomic E-state index is 13.0. The number of ether oxygens (including phenoxy) is 3. The number of halogens is 2. The lowest BCUT2D eigenvalue weighted by Crippen LogP contribution is -2.35. The van der Waals surface area contributed by atoms with Gasteiger partial charge in [-0.25, -0.2) is 4.39 Å². The van der Waals surface area contributed by atoms with E-state index >= 15 is 0 Å². The van der Waals surface area contributed by atoms with Crippen molar-refractivity contribution in [2.75, 3.05) is 33.9 Å². The fraction of sp³-hybridized carbons (Fsp3) is 0.316. The Labute approximate surface area is 175 Å². The summed E-state index contributed by atoms with van der Waals surface area (Å²) in [6.07, 6.45) is 0.725. The predicted molar refractivity (Wildman–Crippen MR) is 115 cm³/mol. The van der Waals surface area contributed by atoms with Gasteiger partial charge in [0.25, 0.3) is 0 Å². The van der Waals surface area contributed by atoms with Crippen molar-refractivity contribution in [2.24, 2.45) is 10.7 Å². The molecule has 0 atom stereocenters. The first-order valence-electron chi connectivity index (χ1n) is 8.25. The Morgan fingerprint density at radius 2 is 1.89 bits per heavy atom. The second kappa shape index (κ2) is 12.2. The van der Waals surface area contributed by atoms with Gasteiger partial charge in [-0.3, -0.25) is 4.99 Å². The molecule has 3 N–H and O–H groups in total. The van der Waals surface area contributed by atoms with Gasteiger partial charge >= 0.3 is 0 Å². The average Bonchev–Trinajstić information content (AvgIpc) is 2.65. The monoisotopic (exact) mass is 489 g/mol. The molecular formula is C19H25FIN3O3. The number of benzene rings is 2. The van der Waals surface area contributed by atoms with Gasteiger partial charge in [0, 0.05) is 12.6 Å². The highest BCUT2D eigenvalue weighted by Crippen LogP contribution is 2.27. The number of nitrogens with one attached hydrogen (secondary N) is 1. The molecule has 0 bridgehead atoms. The molecule has 0 saturated heterocycles. The topological polar surface area (TPSA) is 78.1 Å². The molecule has 27 heavy (non-hydrogen) atoms. The summed E-state index contributed by atoms with van der Waals surface area (Å²) >= 11 is 0. The summed E-state index contributed by atoms with van der Waals surface area (Å²) in [6, 6.07) is 11.8. The molecule has 2 rings (SSSR count). The van der Waals surface area contributed by atoms with Crippen LogP contribution in [-0.4, -0.2) is 39.9 Å². The van der Waals surface area contributed by atoms with Crippen molar-refractivity contribution in [1.29, 1.82) is 0 Å². The maximum absolute atomic E-state index is 13.0. The third-order valence-corrected chi connectivity index (χ3v) is 3.60. The molecule has 0 unspecified atom stereocenters. The number of aliphatic imine (C=N–C) groups is 1. The first-order valence-corrected chi connectivity index (χ1v) is 8.25. The average molecular weight is 489 g/mol. The van der Waals surface area contributed by atoms with Gasteiger partial charge in [-0.1, -0.05) is 12.1 Å². The highest BCUT2D eigenvalue weighted by Gasteiger charge is 2.04. The Morgan fingerprint density at radius 1 is 1.11 bits per heavy atom. The van der Waals surface area contributed by atoms with E-state index in [0.717, 1.165) is 12.0 Å². The number of nitrogens with zero attached hydrogens (tertiary/aromatic N) is 1. The molecule has 0 aliphatic heterocycles. The fourth-order valence-electron chi connectivity index (χ4n) is 2.30. The number of nitrogens with two attached hydrogens (primary N) is 1. The summed E-state index contributed by atoms with van der Waals surface area (Å²) in [6.45, 7) is 1.37. The van der Waals surface area contributed by atoms with Gasteiger partial charge in [-0.15, -0.1) is 24.0 Å². The van der Waals surface area contributed by atoms with Crippen LogP contribution in [0.4, 0.5) is 4.39 Å². The van der Waals surface area contributed by atoms with Crippen LogP contribution in [0.2, 0.25) is 0 Å². The second-order valence-electron chi connectivity index (χ2n) is 5.44. The molecule has 148 valence electrons. The van der Waals surface area contributed by atoms with Crippen LogP contribution in [0.25, 0.3) is 0 Å². The molecule has 0 spiro atoms. The summed E-state index contributed by atoms with van der Waals surface area (Å²) in [4.78, 5) is 4.27. The fourth-order valence-corrected chi connectivity index (χ4v) is 2.30. The molecule has 6 nitrogen and oxygen atoms in total. The SMILES string of the molecule is COc1ccc(CCN=C(N)NCCOc2cccc(F)c2)cc1OC.I. The molecule has 0 amide bonds. The van der Waals surface area contributed by atoms with Crippen LogP contribution in [0.5, 0.6) is 17.2 Å². The number of methoxy groups -OCH3 is 2. The summed E-state index contributed by atoms with van der Waals surface area (Å²) in [5.74, 6) is 1.88. The first kappa shape index (κ1) is 22.8. The van der Waals surface area contributed by atoms with Crippen LogP contribution in [0, 0.1) is 5.82 Å². The Bertz CT molecular complexity index is 744. The molecule has 0 aromatic heterocycles. The van der Waals surface area contributed by atoms with E-state index in [4.69, 9.17) is 19.9 Å². The molecule has 2 aromatic rings. The standard InChI is InChI=1S/C19H24FN3O3.HI/c1-24-17-7-6-14(12-18(17)25-2)8-9-22-19(21)23-10-11-26-16-5-3-4-15(20)13-16;/h3-7,12-13H,8-11H2,1-2H3,(H3,21,22,23);1H. The lowest BCUT2D eigenvalue weighted by Gasteiger charge is -2.09. The minimum atomic E-state index is -0.327. The van der Waals surface area contributed by atoms with Gasteiger partial charge in [0.15, 0.2) is 17.5 Å². The molecule has 0 saturated carbocycles. The van der Waals surface area contributed by atoms with Gasteiger partial charge in [0.1, 0.15) is 18.2 Å². The van der Waals surface area contributed by atoms with Crippen molar-refractivity contribution in [2.45, 2.75) is 6.42 Å². The van der Waals surface area contributed by atoms with Gasteiger partial charge in [-0.2, -0.15) is 0 Å². The van der Waals surface area contributed by atoms with Gasteiger partial charge < -0.3 is 25.3 Å². The molecule has 0 radical (unpaired) electrons. The van der Waals surface area contributed by atoms with Crippen LogP contribution < -0.4 is 25.3 Å². The normalized spacial score (nSPS) is 10.7. The van der Waals surface area contributed by atoms with Crippen molar-refractivity contribution in [3.8, 4) is 17.2 Å². The molecular weight excluding hydrogens is 464 g/mol. The van der Waals surface area contributed by atoms with Gasteiger partial charge in [0.05, 0.1) is 20.8 Å². The van der Waals surface area contributed by atoms with Crippen LogP contribution in [0.3, 0.4) is 0 Å². The Hall–Kier alpha value is -2.23. The van der Waals surface area contributed by atoms with E-state index < -0.39 is 0 Å². The summed E-state index contributed by atoms with van der Waals surface area (Å²) < 4.78 is 28.9. The van der Waals surface area contributed by atoms with E-state index in [1.165, 1.54) is 12.1 Å². The highest BCUT2D eigenvalue weighted by atomic mass is 127.